The van der Waals surface area contributed by atoms with Gasteiger partial charge in [-0.25, -0.2) is 4.79 Å². The van der Waals surface area contributed by atoms with E-state index in [1.165, 1.54) is 24.3 Å². The van der Waals surface area contributed by atoms with E-state index in [1.54, 1.807) is 0 Å². The minimum absolute atomic E-state index is 0. The molecule has 0 fully saturated rings. The number of carboxylic acid groups (broad SMARTS) is 1. The fourth-order valence-corrected chi connectivity index (χ4v) is 0.643. The van der Waals surface area contributed by atoms with Crippen LogP contribution in [-0.4, -0.2) is 16.6 Å². The van der Waals surface area contributed by atoms with Gasteiger partial charge in [0.2, 0.25) is 0 Å². The Kier molecular flexibility index (Phi) is 13.3. The Balaban J connectivity index is -0.000000333. The molecule has 0 radical (unpaired) electrons. The van der Waals surface area contributed by atoms with E-state index in [0.29, 0.717) is 0 Å². The van der Waals surface area contributed by atoms with Gasteiger partial charge in [0, 0.05) is 0 Å². The summed E-state index contributed by atoms with van der Waals surface area (Å²) in [6.45, 7) is 0. The Labute approximate surface area is 120 Å². The van der Waals surface area contributed by atoms with Crippen molar-refractivity contribution in [3.05, 3.63) is 29.8 Å². The summed E-state index contributed by atoms with van der Waals surface area (Å²) in [5.74, 6) is -1.62. The minimum atomic E-state index is -1.18. The van der Waals surface area contributed by atoms with Crippen LogP contribution >= 0.6 is 0 Å². The zero-order valence-corrected chi connectivity index (χ0v) is 11.5. The molecule has 0 bridgehead atoms. The molecule has 1 aromatic rings. The van der Waals surface area contributed by atoms with E-state index < -0.39 is 11.7 Å². The van der Waals surface area contributed by atoms with Gasteiger partial charge < -0.3 is 15.7 Å². The first kappa shape index (κ1) is 19.1. The first-order valence-electron chi connectivity index (χ1n) is 2.71. The van der Waals surface area contributed by atoms with E-state index in [2.05, 4.69) is 0 Å². The number of benzene rings is 1. The van der Waals surface area contributed by atoms with Crippen LogP contribution in [-0.2, 0) is 0 Å². The summed E-state index contributed by atoms with van der Waals surface area (Å²) in [5, 5.41) is 19.0. The van der Waals surface area contributed by atoms with Crippen molar-refractivity contribution >= 4 is 5.97 Å². The molecule has 6 heteroatoms. The van der Waals surface area contributed by atoms with Crippen LogP contribution in [0.4, 0.5) is 0 Å². The maximum Gasteiger partial charge on any atom is 1.00 e. The molecule has 0 aromatic heterocycles. The third-order valence-electron chi connectivity index (χ3n) is 1.12. The Morgan fingerprint density at radius 2 is 1.69 bits per heavy atom. The number of hydrogen-bond donors (Lipinski definition) is 1. The van der Waals surface area contributed by atoms with Gasteiger partial charge in [-0.3, -0.25) is 0 Å². The van der Waals surface area contributed by atoms with Crippen molar-refractivity contribution < 1.29 is 79.6 Å². The van der Waals surface area contributed by atoms with E-state index in [1.807, 2.05) is 0 Å². The van der Waals surface area contributed by atoms with E-state index in [0.717, 1.165) is 0 Å². The van der Waals surface area contributed by atoms with Gasteiger partial charge >= 0.3 is 65.1 Å². The number of para-hydroxylation sites is 1. The summed E-state index contributed by atoms with van der Waals surface area (Å²) in [5.41, 5.74) is -0.178. The molecule has 0 unspecified atom stereocenters. The van der Waals surface area contributed by atoms with Gasteiger partial charge in [-0.15, -0.1) is 0 Å². The maximum absolute atomic E-state index is 10.7. The van der Waals surface area contributed by atoms with Crippen molar-refractivity contribution in [1.82, 2.24) is 0 Å². The van der Waals surface area contributed by atoms with E-state index in [-0.39, 0.29) is 70.2 Å². The number of aromatic carboxylic acids is 1. The van der Waals surface area contributed by atoms with Crippen LogP contribution in [0.3, 0.4) is 0 Å². The van der Waals surface area contributed by atoms with E-state index in [9.17, 15) is 9.90 Å². The molecule has 0 amide bonds. The standard InChI is InChI=1S/C7H6O3.2Na.H2O/c8-6-4-2-1-3-5(6)7(9)10;;;/h1-4,8H,(H,9,10);;;1H2/q;2*+1;/p-2. The second-order valence-corrected chi connectivity index (χ2v) is 1.80. The maximum atomic E-state index is 10.7. The molecule has 60 valence electrons. The summed E-state index contributed by atoms with van der Waals surface area (Å²) in [4.78, 5) is 10.2. The number of hydrogen-bond acceptors (Lipinski definition) is 3. The zero-order valence-electron chi connectivity index (χ0n) is 7.52. The van der Waals surface area contributed by atoms with Crippen molar-refractivity contribution in [3.63, 3.8) is 0 Å². The van der Waals surface area contributed by atoms with Crippen LogP contribution in [0.1, 0.15) is 10.4 Å². The van der Waals surface area contributed by atoms with Gasteiger partial charge in [0.05, 0.1) is 5.56 Å². The number of carbonyl (C=O) groups is 1. The SMILES string of the molecule is O=C(O)c1ccccc1[O-].[Na+].[Na+].[OH-]. The molecular formula is C7H6Na2O4. The molecule has 0 saturated carbocycles. The second kappa shape index (κ2) is 9.02. The fourth-order valence-electron chi connectivity index (χ4n) is 0.643. The first-order valence-corrected chi connectivity index (χ1v) is 2.71. The molecule has 1 aromatic carbocycles. The zero-order chi connectivity index (χ0) is 7.56. The molecule has 0 saturated heterocycles. The minimum Gasteiger partial charge on any atom is -0.872 e. The van der Waals surface area contributed by atoms with Crippen LogP contribution in [0.15, 0.2) is 24.3 Å². The predicted molar refractivity (Wildman–Crippen MR) is 34.8 cm³/mol. The van der Waals surface area contributed by atoms with Crippen molar-refractivity contribution in [1.29, 1.82) is 0 Å². The summed E-state index contributed by atoms with van der Waals surface area (Å²) in [6, 6.07) is 5.54. The van der Waals surface area contributed by atoms with Gasteiger partial charge in [-0.05, 0) is 6.07 Å². The van der Waals surface area contributed by atoms with Gasteiger partial charge in [0.1, 0.15) is 0 Å². The van der Waals surface area contributed by atoms with Crippen LogP contribution in [0.5, 0.6) is 5.75 Å². The normalized spacial score (nSPS) is 7.08. The number of carboxylic acids is 1. The second-order valence-electron chi connectivity index (χ2n) is 1.80. The molecule has 0 aliphatic rings. The van der Waals surface area contributed by atoms with Crippen LogP contribution < -0.4 is 64.2 Å². The molecule has 0 spiro atoms. The van der Waals surface area contributed by atoms with Crippen molar-refractivity contribution in [2.45, 2.75) is 0 Å². The summed E-state index contributed by atoms with van der Waals surface area (Å²) < 4.78 is 0. The monoisotopic (exact) mass is 200 g/mol. The largest absolute Gasteiger partial charge is 1.00 e. The predicted octanol–water partition coefficient (Wildman–Crippen LogP) is -5.71. The molecule has 0 aliphatic carbocycles. The Bertz CT molecular complexity index is 264. The summed E-state index contributed by atoms with van der Waals surface area (Å²) in [7, 11) is 0. The third kappa shape index (κ3) is 5.70. The quantitative estimate of drug-likeness (QED) is 0.457. The van der Waals surface area contributed by atoms with Gasteiger partial charge in [0.25, 0.3) is 0 Å². The molecule has 0 aliphatic heterocycles. The molecule has 13 heavy (non-hydrogen) atoms. The summed E-state index contributed by atoms with van der Waals surface area (Å²) in [6.07, 6.45) is 0. The van der Waals surface area contributed by atoms with Crippen LogP contribution in [0.25, 0.3) is 0 Å². The Morgan fingerprint density at radius 1 is 1.23 bits per heavy atom. The van der Waals surface area contributed by atoms with Crippen LogP contribution in [0, 0.1) is 0 Å². The average Bonchev–Trinajstić information content (AvgIpc) is 1.88. The van der Waals surface area contributed by atoms with E-state index >= 15 is 0 Å². The molecular weight excluding hydrogens is 194 g/mol. The van der Waals surface area contributed by atoms with Crippen molar-refractivity contribution in [2.75, 3.05) is 0 Å². The molecule has 0 atom stereocenters. The van der Waals surface area contributed by atoms with Crippen LogP contribution in [0.2, 0.25) is 0 Å². The topological polar surface area (TPSA) is 90.4 Å². The smallest absolute Gasteiger partial charge is 0.872 e. The third-order valence-corrected chi connectivity index (χ3v) is 1.12. The average molecular weight is 200 g/mol. The van der Waals surface area contributed by atoms with Gasteiger partial charge in [0.15, 0.2) is 0 Å². The van der Waals surface area contributed by atoms with Crippen molar-refractivity contribution in [2.24, 2.45) is 0 Å². The summed E-state index contributed by atoms with van der Waals surface area (Å²) >= 11 is 0. The molecule has 4 nitrogen and oxygen atoms in total. The van der Waals surface area contributed by atoms with Crippen molar-refractivity contribution in [3.8, 4) is 5.75 Å². The van der Waals surface area contributed by atoms with E-state index in [4.69, 9.17) is 5.11 Å². The molecule has 2 N–H and O–H groups in total. The fraction of sp³-hybridized carbons (Fsp3) is 0. The van der Waals surface area contributed by atoms with Gasteiger partial charge in [-0.2, -0.15) is 0 Å². The molecule has 0 heterocycles. The first-order chi connectivity index (χ1) is 4.72. The molecule has 1 rings (SSSR count). The van der Waals surface area contributed by atoms with Gasteiger partial charge in [-0.1, -0.05) is 23.9 Å². The number of rotatable bonds is 1. The Hall–Kier alpha value is 0.450. The Morgan fingerprint density at radius 3 is 2.00 bits per heavy atom.